The average molecular weight is 350 g/mol. The quantitative estimate of drug-likeness (QED) is 0.606. The van der Waals surface area contributed by atoms with Crippen molar-refractivity contribution >= 4 is 5.78 Å². The summed E-state index contributed by atoms with van der Waals surface area (Å²) in [6.07, 6.45) is 1.08. The second kappa shape index (κ2) is 7.87. The Morgan fingerprint density at radius 2 is 1.54 bits per heavy atom. The van der Waals surface area contributed by atoms with E-state index in [0.717, 1.165) is 28.5 Å². The zero-order valence-corrected chi connectivity index (χ0v) is 15.2. The number of hydrogen-bond donors (Lipinski definition) is 0. The van der Waals surface area contributed by atoms with Crippen LogP contribution in [-0.2, 0) is 13.5 Å². The number of ketones is 1. The van der Waals surface area contributed by atoms with Crippen LogP contribution in [0.5, 0.6) is 11.5 Å². The van der Waals surface area contributed by atoms with Crippen molar-refractivity contribution in [3.05, 3.63) is 65.9 Å². The zero-order valence-electron chi connectivity index (χ0n) is 15.2. The molecule has 3 aromatic rings. The molecular weight excluding hydrogens is 328 g/mol. The molecule has 0 aliphatic heterocycles. The van der Waals surface area contributed by atoms with E-state index in [1.165, 1.54) is 0 Å². The predicted octanol–water partition coefficient (Wildman–Crippen LogP) is 3.92. The first-order valence-electron chi connectivity index (χ1n) is 8.45. The van der Waals surface area contributed by atoms with E-state index >= 15 is 0 Å². The van der Waals surface area contributed by atoms with E-state index in [0.29, 0.717) is 18.4 Å². The highest BCUT2D eigenvalue weighted by molar-refractivity contribution is 5.96. The molecule has 0 saturated carbocycles. The summed E-state index contributed by atoms with van der Waals surface area (Å²) in [5.41, 5.74) is 3.64. The Morgan fingerprint density at radius 3 is 2.12 bits per heavy atom. The number of benzene rings is 2. The molecule has 2 aromatic carbocycles. The minimum absolute atomic E-state index is 0.111. The maximum Gasteiger partial charge on any atom is 0.163 e. The SMILES string of the molecule is COc1ccc(C(=O)CCc2cc(-c3ccc(OC)cc3)nn2C)cc1. The van der Waals surface area contributed by atoms with Crippen molar-refractivity contribution in [2.45, 2.75) is 12.8 Å². The lowest BCUT2D eigenvalue weighted by atomic mass is 10.0. The molecule has 0 unspecified atom stereocenters. The van der Waals surface area contributed by atoms with E-state index < -0.39 is 0 Å². The maximum absolute atomic E-state index is 12.4. The highest BCUT2D eigenvalue weighted by Gasteiger charge is 2.11. The van der Waals surface area contributed by atoms with Gasteiger partial charge in [-0.05, 0) is 61.0 Å². The van der Waals surface area contributed by atoms with E-state index in [4.69, 9.17) is 9.47 Å². The Hall–Kier alpha value is -3.08. The van der Waals surface area contributed by atoms with Gasteiger partial charge in [-0.15, -0.1) is 0 Å². The maximum atomic E-state index is 12.4. The average Bonchev–Trinajstić information content (AvgIpc) is 3.07. The molecule has 5 heteroatoms. The number of hydrogen-bond acceptors (Lipinski definition) is 4. The van der Waals surface area contributed by atoms with Crippen molar-refractivity contribution in [1.29, 1.82) is 0 Å². The molecule has 0 radical (unpaired) electrons. The van der Waals surface area contributed by atoms with Gasteiger partial charge in [-0.1, -0.05) is 0 Å². The first-order valence-corrected chi connectivity index (χ1v) is 8.45. The van der Waals surface area contributed by atoms with Crippen molar-refractivity contribution in [2.75, 3.05) is 14.2 Å². The normalized spacial score (nSPS) is 10.6. The van der Waals surface area contributed by atoms with Crippen LogP contribution in [0.3, 0.4) is 0 Å². The zero-order chi connectivity index (χ0) is 18.5. The van der Waals surface area contributed by atoms with Crippen molar-refractivity contribution in [1.82, 2.24) is 9.78 Å². The molecule has 0 spiro atoms. The van der Waals surface area contributed by atoms with Crippen LogP contribution in [0.4, 0.5) is 0 Å². The minimum atomic E-state index is 0.111. The number of nitrogens with zero attached hydrogens (tertiary/aromatic N) is 2. The number of aromatic nitrogens is 2. The fraction of sp³-hybridized carbons (Fsp3) is 0.238. The van der Waals surface area contributed by atoms with Gasteiger partial charge in [-0.2, -0.15) is 5.10 Å². The lowest BCUT2D eigenvalue weighted by Gasteiger charge is -2.03. The molecular formula is C21H22N2O3. The second-order valence-corrected chi connectivity index (χ2v) is 6.02. The molecule has 5 nitrogen and oxygen atoms in total. The number of ether oxygens (including phenoxy) is 2. The van der Waals surface area contributed by atoms with E-state index in [2.05, 4.69) is 5.10 Å². The largest absolute Gasteiger partial charge is 0.497 e. The van der Waals surface area contributed by atoms with E-state index in [1.54, 1.807) is 38.5 Å². The van der Waals surface area contributed by atoms with E-state index in [9.17, 15) is 4.79 Å². The predicted molar refractivity (Wildman–Crippen MR) is 101 cm³/mol. The Balaban J connectivity index is 1.67. The second-order valence-electron chi connectivity index (χ2n) is 6.02. The van der Waals surface area contributed by atoms with Gasteiger partial charge < -0.3 is 9.47 Å². The third-order valence-electron chi connectivity index (χ3n) is 4.38. The van der Waals surface area contributed by atoms with Gasteiger partial charge in [-0.25, -0.2) is 0 Å². The van der Waals surface area contributed by atoms with Gasteiger partial charge >= 0.3 is 0 Å². The molecule has 0 atom stereocenters. The molecule has 0 aliphatic rings. The van der Waals surface area contributed by atoms with Crippen LogP contribution < -0.4 is 9.47 Å². The van der Waals surface area contributed by atoms with Gasteiger partial charge in [0.1, 0.15) is 11.5 Å². The Morgan fingerprint density at radius 1 is 0.962 bits per heavy atom. The molecule has 3 rings (SSSR count). The first kappa shape index (κ1) is 17.7. The fourth-order valence-electron chi connectivity index (χ4n) is 2.81. The molecule has 0 fully saturated rings. The number of methoxy groups -OCH3 is 2. The van der Waals surface area contributed by atoms with Crippen molar-refractivity contribution in [3.8, 4) is 22.8 Å². The number of carbonyl (C=O) groups excluding carboxylic acids is 1. The van der Waals surface area contributed by atoms with Crippen LogP contribution in [0.15, 0.2) is 54.6 Å². The van der Waals surface area contributed by atoms with Gasteiger partial charge in [0.15, 0.2) is 5.78 Å². The Labute approximate surface area is 153 Å². The van der Waals surface area contributed by atoms with Crippen molar-refractivity contribution < 1.29 is 14.3 Å². The highest BCUT2D eigenvalue weighted by Crippen LogP contribution is 2.23. The minimum Gasteiger partial charge on any atom is -0.497 e. The number of aryl methyl sites for hydroxylation is 2. The van der Waals surface area contributed by atoms with Crippen LogP contribution in [0.1, 0.15) is 22.5 Å². The summed E-state index contributed by atoms with van der Waals surface area (Å²) in [6, 6.07) is 17.0. The molecule has 0 saturated heterocycles. The van der Waals surface area contributed by atoms with Crippen LogP contribution in [0.2, 0.25) is 0 Å². The molecule has 0 N–H and O–H groups in total. The third-order valence-corrected chi connectivity index (χ3v) is 4.38. The van der Waals surface area contributed by atoms with Crippen LogP contribution in [0, 0.1) is 0 Å². The van der Waals surface area contributed by atoms with Gasteiger partial charge in [0.25, 0.3) is 0 Å². The summed E-state index contributed by atoms with van der Waals surface area (Å²) in [6.45, 7) is 0. The Bertz CT molecular complexity index is 881. The molecule has 0 aliphatic carbocycles. The molecule has 26 heavy (non-hydrogen) atoms. The third kappa shape index (κ3) is 3.94. The van der Waals surface area contributed by atoms with Gasteiger partial charge in [-0.3, -0.25) is 9.48 Å². The summed E-state index contributed by atoms with van der Waals surface area (Å²) in [7, 11) is 5.16. The molecule has 1 heterocycles. The summed E-state index contributed by atoms with van der Waals surface area (Å²) in [4.78, 5) is 12.4. The Kier molecular flexibility index (Phi) is 5.37. The van der Waals surface area contributed by atoms with Crippen LogP contribution in [0.25, 0.3) is 11.3 Å². The van der Waals surface area contributed by atoms with Crippen LogP contribution >= 0.6 is 0 Å². The van der Waals surface area contributed by atoms with Crippen molar-refractivity contribution in [3.63, 3.8) is 0 Å². The van der Waals surface area contributed by atoms with E-state index in [-0.39, 0.29) is 5.78 Å². The summed E-state index contributed by atoms with van der Waals surface area (Å²) >= 11 is 0. The number of Topliss-reactive ketones (excluding diaryl/α,β-unsaturated/α-hetero) is 1. The number of carbonyl (C=O) groups is 1. The smallest absolute Gasteiger partial charge is 0.163 e. The molecule has 134 valence electrons. The molecule has 0 amide bonds. The van der Waals surface area contributed by atoms with Gasteiger partial charge in [0.2, 0.25) is 0 Å². The van der Waals surface area contributed by atoms with Gasteiger partial charge in [0, 0.05) is 30.3 Å². The molecule has 1 aromatic heterocycles. The fourth-order valence-corrected chi connectivity index (χ4v) is 2.81. The summed E-state index contributed by atoms with van der Waals surface area (Å²) in [5.74, 6) is 1.67. The topological polar surface area (TPSA) is 53.4 Å². The standard InChI is InChI=1S/C21H22N2O3/c1-23-17(8-13-21(24)16-6-11-19(26-3)12-7-16)14-20(22-23)15-4-9-18(25-2)10-5-15/h4-7,9-12,14H,8,13H2,1-3H3. The number of rotatable bonds is 7. The summed E-state index contributed by atoms with van der Waals surface area (Å²) in [5, 5.41) is 4.56. The highest BCUT2D eigenvalue weighted by atomic mass is 16.5. The lowest BCUT2D eigenvalue weighted by Crippen LogP contribution is -2.04. The first-order chi connectivity index (χ1) is 12.6. The van der Waals surface area contributed by atoms with Crippen molar-refractivity contribution in [2.24, 2.45) is 7.05 Å². The van der Waals surface area contributed by atoms with Crippen LogP contribution in [-0.4, -0.2) is 29.8 Å². The van der Waals surface area contributed by atoms with Gasteiger partial charge in [0.05, 0.1) is 19.9 Å². The monoisotopic (exact) mass is 350 g/mol. The van der Waals surface area contributed by atoms with E-state index in [1.807, 2.05) is 42.1 Å². The summed E-state index contributed by atoms with van der Waals surface area (Å²) < 4.78 is 12.1. The molecule has 0 bridgehead atoms. The lowest BCUT2D eigenvalue weighted by molar-refractivity contribution is 0.0982.